The van der Waals surface area contributed by atoms with Crippen LogP contribution in [-0.2, 0) is 9.53 Å². The van der Waals surface area contributed by atoms with Crippen LogP contribution in [0.1, 0.15) is 30.1 Å². The smallest absolute Gasteiger partial charge is 0.254 e. The van der Waals surface area contributed by atoms with E-state index in [1.54, 1.807) is 14.0 Å². The molecule has 4 rings (SSSR count). The molecule has 142 valence electrons. The maximum atomic E-state index is 13.2. The van der Waals surface area contributed by atoms with Gasteiger partial charge in [-0.15, -0.1) is 0 Å². The Kier molecular flexibility index (Phi) is 4.87. The third-order valence-corrected chi connectivity index (χ3v) is 6.12. The molecule has 1 heterocycles. The molecule has 0 spiro atoms. The number of amides is 2. The fraction of sp³-hybridized carbons (Fsp3) is 0.455. The Hall–Kier alpha value is -2.40. The molecule has 5 heteroatoms. The summed E-state index contributed by atoms with van der Waals surface area (Å²) in [6.07, 6.45) is 1.76. The zero-order valence-electron chi connectivity index (χ0n) is 15.9. The van der Waals surface area contributed by atoms with E-state index in [1.165, 1.54) is 0 Å². The van der Waals surface area contributed by atoms with Gasteiger partial charge in [-0.25, -0.2) is 0 Å². The lowest BCUT2D eigenvalue weighted by molar-refractivity contribution is -0.121. The van der Waals surface area contributed by atoms with E-state index < -0.39 is 0 Å². The van der Waals surface area contributed by atoms with Crippen LogP contribution in [0.2, 0.25) is 0 Å². The van der Waals surface area contributed by atoms with Crippen LogP contribution in [0.15, 0.2) is 42.5 Å². The summed E-state index contributed by atoms with van der Waals surface area (Å²) in [7, 11) is 1.70. The molecule has 0 radical (unpaired) electrons. The van der Waals surface area contributed by atoms with Crippen molar-refractivity contribution < 1.29 is 14.3 Å². The summed E-state index contributed by atoms with van der Waals surface area (Å²) in [5, 5.41) is 5.12. The highest BCUT2D eigenvalue weighted by atomic mass is 16.5. The normalized spacial score (nSPS) is 27.4. The van der Waals surface area contributed by atoms with Gasteiger partial charge in [-0.05, 0) is 41.5 Å². The summed E-state index contributed by atoms with van der Waals surface area (Å²) in [6, 6.07) is 14.0. The summed E-state index contributed by atoms with van der Waals surface area (Å²) in [5.74, 6) is 0.916. The molecule has 1 saturated heterocycles. The minimum Gasteiger partial charge on any atom is -0.379 e. The van der Waals surface area contributed by atoms with Gasteiger partial charge in [-0.2, -0.15) is 0 Å². The monoisotopic (exact) mass is 366 g/mol. The van der Waals surface area contributed by atoms with Gasteiger partial charge in [0.25, 0.3) is 5.91 Å². The van der Waals surface area contributed by atoms with Gasteiger partial charge in [-0.1, -0.05) is 36.4 Å². The van der Waals surface area contributed by atoms with Gasteiger partial charge >= 0.3 is 0 Å². The van der Waals surface area contributed by atoms with E-state index in [9.17, 15) is 9.59 Å². The SMILES string of the molecule is CO[C@@H]1C[C@H]2CN(C(=O)c3cccc4ccccc34)C[C@H]2C[C@H]1NC(C)=O. The first-order valence-corrected chi connectivity index (χ1v) is 9.63. The molecule has 1 N–H and O–H groups in total. The summed E-state index contributed by atoms with van der Waals surface area (Å²) >= 11 is 0. The lowest BCUT2D eigenvalue weighted by Crippen LogP contribution is -2.49. The van der Waals surface area contributed by atoms with E-state index in [4.69, 9.17) is 4.74 Å². The van der Waals surface area contributed by atoms with Crippen molar-refractivity contribution in [2.24, 2.45) is 11.8 Å². The van der Waals surface area contributed by atoms with Crippen LogP contribution in [-0.4, -0.2) is 49.1 Å². The van der Waals surface area contributed by atoms with Crippen molar-refractivity contribution in [3.05, 3.63) is 48.0 Å². The predicted octanol–water partition coefficient (Wildman–Crippen LogP) is 2.84. The first-order valence-electron chi connectivity index (χ1n) is 9.63. The lowest BCUT2D eigenvalue weighted by atomic mass is 9.77. The molecule has 1 saturated carbocycles. The number of hydrogen-bond acceptors (Lipinski definition) is 3. The number of carbonyl (C=O) groups excluding carboxylic acids is 2. The van der Waals surface area contributed by atoms with Crippen molar-refractivity contribution in [3.8, 4) is 0 Å². The third kappa shape index (κ3) is 3.44. The standard InChI is InChI=1S/C22H26N2O3/c1-14(25)23-20-10-16-12-24(13-17(16)11-21(20)27-2)22(26)19-9-5-7-15-6-3-4-8-18(15)19/h3-9,16-17,20-21H,10-13H2,1-2H3,(H,23,25)/t16-,17+,20-,21-/m1/s1. The van der Waals surface area contributed by atoms with Crippen LogP contribution in [0.5, 0.6) is 0 Å². The summed E-state index contributed by atoms with van der Waals surface area (Å²) in [6.45, 7) is 3.06. The average molecular weight is 366 g/mol. The van der Waals surface area contributed by atoms with E-state index in [0.717, 1.165) is 42.3 Å². The number of likely N-dealkylation sites (tertiary alicyclic amines) is 1. The highest BCUT2D eigenvalue weighted by Crippen LogP contribution is 2.38. The van der Waals surface area contributed by atoms with Crippen molar-refractivity contribution >= 4 is 22.6 Å². The van der Waals surface area contributed by atoms with E-state index in [0.29, 0.717) is 11.8 Å². The molecule has 27 heavy (non-hydrogen) atoms. The zero-order valence-corrected chi connectivity index (χ0v) is 15.9. The Labute approximate surface area is 159 Å². The van der Waals surface area contributed by atoms with Gasteiger partial charge < -0.3 is 15.0 Å². The molecule has 2 fully saturated rings. The second kappa shape index (κ2) is 7.31. The van der Waals surface area contributed by atoms with Gasteiger partial charge in [0.05, 0.1) is 12.1 Å². The maximum absolute atomic E-state index is 13.2. The number of rotatable bonds is 3. The fourth-order valence-electron chi connectivity index (χ4n) is 4.83. The summed E-state index contributed by atoms with van der Waals surface area (Å²) in [4.78, 5) is 26.7. The highest BCUT2D eigenvalue weighted by molar-refractivity contribution is 6.07. The Morgan fingerprint density at radius 3 is 2.48 bits per heavy atom. The van der Waals surface area contributed by atoms with Crippen molar-refractivity contribution in [3.63, 3.8) is 0 Å². The largest absolute Gasteiger partial charge is 0.379 e. The van der Waals surface area contributed by atoms with Crippen molar-refractivity contribution in [2.75, 3.05) is 20.2 Å². The van der Waals surface area contributed by atoms with Gasteiger partial charge in [0, 0.05) is 32.7 Å². The molecule has 1 aliphatic carbocycles. The third-order valence-electron chi connectivity index (χ3n) is 6.12. The molecular formula is C22H26N2O3. The molecular weight excluding hydrogens is 340 g/mol. The van der Waals surface area contributed by atoms with Crippen LogP contribution in [0, 0.1) is 11.8 Å². The lowest BCUT2D eigenvalue weighted by Gasteiger charge is -2.37. The number of nitrogens with zero attached hydrogens (tertiary/aromatic N) is 1. The summed E-state index contributed by atoms with van der Waals surface area (Å²) in [5.41, 5.74) is 0.772. The fourth-order valence-corrected chi connectivity index (χ4v) is 4.83. The number of carbonyl (C=O) groups is 2. The number of hydrogen-bond donors (Lipinski definition) is 1. The Bertz CT molecular complexity index is 860. The van der Waals surface area contributed by atoms with Crippen molar-refractivity contribution in [1.82, 2.24) is 10.2 Å². The van der Waals surface area contributed by atoms with Gasteiger partial charge in [0.2, 0.25) is 5.91 Å². The van der Waals surface area contributed by atoms with E-state index in [1.807, 2.05) is 47.4 Å². The van der Waals surface area contributed by atoms with Gasteiger partial charge in [0.15, 0.2) is 0 Å². The molecule has 5 nitrogen and oxygen atoms in total. The number of benzene rings is 2. The van der Waals surface area contributed by atoms with E-state index >= 15 is 0 Å². The van der Waals surface area contributed by atoms with Gasteiger partial charge in [-0.3, -0.25) is 9.59 Å². The van der Waals surface area contributed by atoms with E-state index in [2.05, 4.69) is 5.32 Å². The van der Waals surface area contributed by atoms with Crippen molar-refractivity contribution in [2.45, 2.75) is 31.9 Å². The number of methoxy groups -OCH3 is 1. The summed E-state index contributed by atoms with van der Waals surface area (Å²) < 4.78 is 5.63. The van der Waals surface area contributed by atoms with Crippen molar-refractivity contribution in [1.29, 1.82) is 0 Å². The molecule has 1 aliphatic heterocycles. The molecule has 2 aromatic carbocycles. The van der Waals surface area contributed by atoms with E-state index in [-0.39, 0.29) is 24.0 Å². The zero-order chi connectivity index (χ0) is 19.0. The predicted molar refractivity (Wildman–Crippen MR) is 104 cm³/mol. The molecule has 0 unspecified atom stereocenters. The molecule has 0 bridgehead atoms. The molecule has 4 atom stereocenters. The van der Waals surface area contributed by atoms with Crippen LogP contribution in [0.25, 0.3) is 10.8 Å². The Morgan fingerprint density at radius 1 is 1.04 bits per heavy atom. The van der Waals surface area contributed by atoms with Crippen LogP contribution in [0.3, 0.4) is 0 Å². The first kappa shape index (κ1) is 18.0. The Morgan fingerprint density at radius 2 is 1.74 bits per heavy atom. The van der Waals surface area contributed by atoms with Gasteiger partial charge in [0.1, 0.15) is 0 Å². The minimum atomic E-state index is -0.0258. The second-order valence-corrected chi connectivity index (χ2v) is 7.81. The number of nitrogens with one attached hydrogen (secondary N) is 1. The van der Waals surface area contributed by atoms with Crippen LogP contribution in [0.4, 0.5) is 0 Å². The average Bonchev–Trinajstić information content (AvgIpc) is 3.08. The highest BCUT2D eigenvalue weighted by Gasteiger charge is 2.44. The molecule has 0 aromatic heterocycles. The minimum absolute atomic E-state index is 0.0164. The quantitative estimate of drug-likeness (QED) is 0.909. The first-order chi connectivity index (χ1) is 13.1. The topological polar surface area (TPSA) is 58.6 Å². The number of fused-ring (bicyclic) bond motifs is 2. The second-order valence-electron chi connectivity index (χ2n) is 7.81. The van der Waals surface area contributed by atoms with Crippen LogP contribution >= 0.6 is 0 Å². The maximum Gasteiger partial charge on any atom is 0.254 e. The van der Waals surface area contributed by atoms with Crippen LogP contribution < -0.4 is 5.32 Å². The molecule has 2 amide bonds. The molecule has 2 aliphatic rings. The number of ether oxygens (including phenoxy) is 1. The Balaban J connectivity index is 1.53. The molecule has 2 aromatic rings.